The molecule has 0 aromatic rings. The Morgan fingerprint density at radius 3 is 2.24 bits per heavy atom. The smallest absolute Gasteiger partial charge is 0.00683 e. The van der Waals surface area contributed by atoms with Crippen molar-refractivity contribution in [2.45, 2.75) is 76.7 Å². The van der Waals surface area contributed by atoms with Crippen molar-refractivity contribution in [3.8, 4) is 0 Å². The van der Waals surface area contributed by atoms with Gasteiger partial charge in [-0.1, -0.05) is 44.9 Å². The third kappa shape index (κ3) is 3.47. The SMILES string of the molecule is C1CCC(CC2CCCC2CNC2CC2)CC1. The van der Waals surface area contributed by atoms with E-state index < -0.39 is 0 Å². The van der Waals surface area contributed by atoms with Gasteiger partial charge in [0.2, 0.25) is 0 Å². The fourth-order valence-electron chi connectivity index (χ4n) is 4.15. The van der Waals surface area contributed by atoms with Crippen LogP contribution in [0.1, 0.15) is 70.6 Å². The van der Waals surface area contributed by atoms with Crippen molar-refractivity contribution in [1.29, 1.82) is 0 Å². The van der Waals surface area contributed by atoms with Gasteiger partial charge in [0, 0.05) is 6.04 Å². The van der Waals surface area contributed by atoms with Crippen LogP contribution in [-0.2, 0) is 0 Å². The van der Waals surface area contributed by atoms with E-state index in [4.69, 9.17) is 0 Å². The largest absolute Gasteiger partial charge is 0.314 e. The van der Waals surface area contributed by atoms with Gasteiger partial charge in [0.25, 0.3) is 0 Å². The minimum atomic E-state index is 0.908. The molecule has 3 aliphatic rings. The molecule has 1 heteroatoms. The lowest BCUT2D eigenvalue weighted by atomic mass is 9.79. The van der Waals surface area contributed by atoms with Gasteiger partial charge < -0.3 is 5.32 Å². The molecule has 0 spiro atoms. The second-order valence-electron chi connectivity index (χ2n) is 6.87. The van der Waals surface area contributed by atoms with Crippen molar-refractivity contribution in [2.24, 2.45) is 17.8 Å². The summed E-state index contributed by atoms with van der Waals surface area (Å²) >= 11 is 0. The first-order chi connectivity index (χ1) is 8.42. The van der Waals surface area contributed by atoms with E-state index in [1.807, 2.05) is 0 Å². The normalized spacial score (nSPS) is 35.3. The molecule has 17 heavy (non-hydrogen) atoms. The molecule has 3 aliphatic carbocycles. The van der Waals surface area contributed by atoms with Gasteiger partial charge in [0.1, 0.15) is 0 Å². The summed E-state index contributed by atoms with van der Waals surface area (Å²) in [5.41, 5.74) is 0. The van der Waals surface area contributed by atoms with Gasteiger partial charge in [0.15, 0.2) is 0 Å². The molecule has 0 heterocycles. The summed E-state index contributed by atoms with van der Waals surface area (Å²) in [5.74, 6) is 3.19. The summed E-state index contributed by atoms with van der Waals surface area (Å²) in [6.45, 7) is 1.34. The number of rotatable bonds is 5. The van der Waals surface area contributed by atoms with Crippen LogP contribution in [0.3, 0.4) is 0 Å². The molecule has 3 saturated carbocycles. The maximum Gasteiger partial charge on any atom is 0.00683 e. The van der Waals surface area contributed by atoms with Crippen molar-refractivity contribution in [2.75, 3.05) is 6.54 Å². The second-order valence-corrected chi connectivity index (χ2v) is 6.87. The fraction of sp³-hybridized carbons (Fsp3) is 1.00. The molecule has 2 atom stereocenters. The third-order valence-electron chi connectivity index (χ3n) is 5.42. The molecule has 0 amide bonds. The van der Waals surface area contributed by atoms with Crippen LogP contribution in [0.25, 0.3) is 0 Å². The summed E-state index contributed by atoms with van der Waals surface area (Å²) in [5, 5.41) is 3.77. The topological polar surface area (TPSA) is 12.0 Å². The van der Waals surface area contributed by atoms with Gasteiger partial charge in [-0.2, -0.15) is 0 Å². The van der Waals surface area contributed by atoms with Gasteiger partial charge in [-0.05, 0) is 50.0 Å². The molecule has 98 valence electrons. The van der Waals surface area contributed by atoms with E-state index in [2.05, 4.69) is 5.32 Å². The Balaban J connectivity index is 1.43. The van der Waals surface area contributed by atoms with E-state index in [0.29, 0.717) is 0 Å². The molecule has 0 aliphatic heterocycles. The first-order valence-corrected chi connectivity index (χ1v) is 8.15. The van der Waals surface area contributed by atoms with E-state index in [0.717, 1.165) is 23.8 Å². The number of hydrogen-bond donors (Lipinski definition) is 1. The van der Waals surface area contributed by atoms with Crippen LogP contribution in [0.4, 0.5) is 0 Å². The molecule has 0 bridgehead atoms. The zero-order chi connectivity index (χ0) is 11.5. The quantitative estimate of drug-likeness (QED) is 0.755. The van der Waals surface area contributed by atoms with Crippen molar-refractivity contribution in [3.63, 3.8) is 0 Å². The second kappa shape index (κ2) is 5.73. The average Bonchev–Trinajstić information content (AvgIpc) is 3.09. The number of nitrogens with one attached hydrogen (secondary N) is 1. The van der Waals surface area contributed by atoms with Crippen molar-refractivity contribution in [1.82, 2.24) is 5.32 Å². The standard InChI is InChI=1S/C16H29N/c1-2-5-13(6-3-1)11-14-7-4-8-15(14)12-17-16-9-10-16/h13-17H,1-12H2. The summed E-state index contributed by atoms with van der Waals surface area (Å²) in [6.07, 6.45) is 16.6. The predicted molar refractivity (Wildman–Crippen MR) is 73.0 cm³/mol. The molecule has 3 fully saturated rings. The maximum atomic E-state index is 3.77. The maximum absolute atomic E-state index is 3.77. The summed E-state index contributed by atoms with van der Waals surface area (Å²) < 4.78 is 0. The van der Waals surface area contributed by atoms with Gasteiger partial charge >= 0.3 is 0 Å². The zero-order valence-electron chi connectivity index (χ0n) is 11.3. The van der Waals surface area contributed by atoms with Crippen LogP contribution in [0, 0.1) is 17.8 Å². The van der Waals surface area contributed by atoms with Crippen molar-refractivity contribution < 1.29 is 0 Å². The first kappa shape index (κ1) is 12.0. The Hall–Kier alpha value is -0.0400. The Morgan fingerprint density at radius 2 is 1.47 bits per heavy atom. The molecular weight excluding hydrogens is 206 g/mol. The van der Waals surface area contributed by atoms with Crippen molar-refractivity contribution >= 4 is 0 Å². The van der Waals surface area contributed by atoms with Gasteiger partial charge in [-0.15, -0.1) is 0 Å². The van der Waals surface area contributed by atoms with E-state index >= 15 is 0 Å². The molecule has 1 N–H and O–H groups in total. The summed E-state index contributed by atoms with van der Waals surface area (Å²) in [6, 6.07) is 0.908. The highest BCUT2D eigenvalue weighted by Crippen LogP contribution is 2.39. The molecular formula is C16H29N. The highest BCUT2D eigenvalue weighted by atomic mass is 14.9. The molecule has 0 aromatic carbocycles. The summed E-state index contributed by atoms with van der Waals surface area (Å²) in [4.78, 5) is 0. The van der Waals surface area contributed by atoms with Gasteiger partial charge in [-0.25, -0.2) is 0 Å². The Morgan fingerprint density at radius 1 is 0.706 bits per heavy atom. The average molecular weight is 235 g/mol. The highest BCUT2D eigenvalue weighted by molar-refractivity contribution is 4.86. The van der Waals surface area contributed by atoms with E-state index in [9.17, 15) is 0 Å². The minimum Gasteiger partial charge on any atom is -0.314 e. The number of hydrogen-bond acceptors (Lipinski definition) is 1. The molecule has 3 rings (SSSR count). The minimum absolute atomic E-state index is 0.908. The fourth-order valence-corrected chi connectivity index (χ4v) is 4.15. The van der Waals surface area contributed by atoms with E-state index in [-0.39, 0.29) is 0 Å². The Labute approximate surface area is 107 Å². The Bertz CT molecular complexity index is 228. The first-order valence-electron chi connectivity index (χ1n) is 8.15. The lowest BCUT2D eigenvalue weighted by Gasteiger charge is -2.28. The summed E-state index contributed by atoms with van der Waals surface area (Å²) in [7, 11) is 0. The lowest BCUT2D eigenvalue weighted by Crippen LogP contribution is -2.28. The van der Waals surface area contributed by atoms with E-state index in [1.165, 1.54) is 57.9 Å². The zero-order valence-corrected chi connectivity index (χ0v) is 11.3. The van der Waals surface area contributed by atoms with Crippen LogP contribution in [0.15, 0.2) is 0 Å². The highest BCUT2D eigenvalue weighted by Gasteiger charge is 2.31. The molecule has 0 radical (unpaired) electrons. The molecule has 0 saturated heterocycles. The van der Waals surface area contributed by atoms with Crippen LogP contribution in [0.5, 0.6) is 0 Å². The van der Waals surface area contributed by atoms with Gasteiger partial charge in [-0.3, -0.25) is 0 Å². The van der Waals surface area contributed by atoms with Crippen LogP contribution >= 0.6 is 0 Å². The Kier molecular flexibility index (Phi) is 4.05. The lowest BCUT2D eigenvalue weighted by molar-refractivity contribution is 0.247. The molecule has 2 unspecified atom stereocenters. The monoisotopic (exact) mass is 235 g/mol. The van der Waals surface area contributed by atoms with Crippen LogP contribution < -0.4 is 5.32 Å². The van der Waals surface area contributed by atoms with Gasteiger partial charge in [0.05, 0.1) is 0 Å². The van der Waals surface area contributed by atoms with Crippen molar-refractivity contribution in [3.05, 3.63) is 0 Å². The molecule has 0 aromatic heterocycles. The molecule has 1 nitrogen and oxygen atoms in total. The van der Waals surface area contributed by atoms with E-state index in [1.54, 1.807) is 19.3 Å². The van der Waals surface area contributed by atoms with Crippen LogP contribution in [0.2, 0.25) is 0 Å². The van der Waals surface area contributed by atoms with Crippen LogP contribution in [-0.4, -0.2) is 12.6 Å². The predicted octanol–water partition coefficient (Wildman–Crippen LogP) is 4.13. The third-order valence-corrected chi connectivity index (χ3v) is 5.42.